The Bertz CT molecular complexity index is 456. The van der Waals surface area contributed by atoms with Gasteiger partial charge in [-0.15, -0.1) is 0 Å². The third kappa shape index (κ3) is 4.08. The molecule has 19 heavy (non-hydrogen) atoms. The molecule has 0 radical (unpaired) electrons. The van der Waals surface area contributed by atoms with Gasteiger partial charge < -0.3 is 10.1 Å². The summed E-state index contributed by atoms with van der Waals surface area (Å²) >= 11 is 3.57. The molecule has 0 aromatic heterocycles. The molecule has 0 aliphatic heterocycles. The maximum atomic E-state index is 6.22. The van der Waals surface area contributed by atoms with E-state index < -0.39 is 0 Å². The minimum Gasteiger partial charge on any atom is -0.486 e. The number of halogens is 1. The molecule has 1 aromatic carbocycles. The van der Waals surface area contributed by atoms with Crippen LogP contribution in [-0.4, -0.2) is 12.6 Å². The van der Waals surface area contributed by atoms with Crippen LogP contribution in [0.3, 0.4) is 0 Å². The predicted octanol–water partition coefficient (Wildman–Crippen LogP) is 4.35. The molecule has 0 amide bonds. The smallest absolute Gasteiger partial charge is 0.127 e. The molecule has 104 valence electrons. The zero-order valence-electron chi connectivity index (χ0n) is 11.7. The highest BCUT2D eigenvalue weighted by Gasteiger charge is 2.15. The summed E-state index contributed by atoms with van der Waals surface area (Å²) in [4.78, 5) is 0. The SMILES string of the molecule is CCNCc1cc(Br)cc(C)c1OC1C=CCCC1. The van der Waals surface area contributed by atoms with Gasteiger partial charge in [0.1, 0.15) is 11.9 Å². The maximum absolute atomic E-state index is 6.22. The van der Waals surface area contributed by atoms with Gasteiger partial charge in [-0.3, -0.25) is 0 Å². The highest BCUT2D eigenvalue weighted by Crippen LogP contribution is 2.30. The Balaban J connectivity index is 2.20. The molecule has 1 aromatic rings. The molecule has 0 spiro atoms. The second-order valence-electron chi connectivity index (χ2n) is 5.01. The van der Waals surface area contributed by atoms with Crippen LogP contribution in [0, 0.1) is 6.92 Å². The first kappa shape index (κ1) is 14.6. The zero-order chi connectivity index (χ0) is 13.7. The van der Waals surface area contributed by atoms with Crippen LogP contribution in [0.1, 0.15) is 37.3 Å². The van der Waals surface area contributed by atoms with Gasteiger partial charge in [-0.2, -0.15) is 0 Å². The molecule has 1 aliphatic rings. The van der Waals surface area contributed by atoms with Crippen LogP contribution < -0.4 is 10.1 Å². The number of allylic oxidation sites excluding steroid dienone is 1. The van der Waals surface area contributed by atoms with E-state index in [1.54, 1.807) is 0 Å². The van der Waals surface area contributed by atoms with Gasteiger partial charge in [0.25, 0.3) is 0 Å². The van der Waals surface area contributed by atoms with Crippen molar-refractivity contribution in [2.24, 2.45) is 0 Å². The summed E-state index contributed by atoms with van der Waals surface area (Å²) in [5, 5.41) is 3.38. The second kappa shape index (κ2) is 7.11. The molecule has 2 nitrogen and oxygen atoms in total. The lowest BCUT2D eigenvalue weighted by molar-refractivity contribution is 0.226. The predicted molar refractivity (Wildman–Crippen MR) is 83.7 cm³/mol. The van der Waals surface area contributed by atoms with Crippen molar-refractivity contribution >= 4 is 15.9 Å². The molecular formula is C16H22BrNO. The first-order valence-corrected chi connectivity index (χ1v) is 7.83. The van der Waals surface area contributed by atoms with Gasteiger partial charge in [0.2, 0.25) is 0 Å². The van der Waals surface area contributed by atoms with Gasteiger partial charge in [0, 0.05) is 16.6 Å². The molecule has 0 heterocycles. The van der Waals surface area contributed by atoms with E-state index in [0.29, 0.717) is 0 Å². The minimum absolute atomic E-state index is 0.231. The van der Waals surface area contributed by atoms with Crippen molar-refractivity contribution in [3.8, 4) is 5.75 Å². The molecular weight excluding hydrogens is 302 g/mol. The van der Waals surface area contributed by atoms with E-state index in [1.807, 2.05) is 0 Å². The van der Waals surface area contributed by atoms with Crippen LogP contribution in [-0.2, 0) is 6.54 Å². The van der Waals surface area contributed by atoms with Crippen molar-refractivity contribution < 1.29 is 4.74 Å². The molecule has 1 N–H and O–H groups in total. The van der Waals surface area contributed by atoms with Crippen LogP contribution in [0.5, 0.6) is 5.75 Å². The quantitative estimate of drug-likeness (QED) is 0.813. The summed E-state index contributed by atoms with van der Waals surface area (Å²) in [7, 11) is 0. The van der Waals surface area contributed by atoms with Crippen molar-refractivity contribution in [3.05, 3.63) is 39.9 Å². The van der Waals surface area contributed by atoms with E-state index >= 15 is 0 Å². The summed E-state index contributed by atoms with van der Waals surface area (Å²) in [5.74, 6) is 1.04. The number of hydrogen-bond acceptors (Lipinski definition) is 2. The molecule has 1 atom stereocenters. The molecule has 1 unspecified atom stereocenters. The molecule has 0 fully saturated rings. The first-order chi connectivity index (χ1) is 9.20. The number of rotatable bonds is 5. The molecule has 1 aliphatic carbocycles. The van der Waals surface area contributed by atoms with Gasteiger partial charge in [0.15, 0.2) is 0 Å². The number of nitrogens with one attached hydrogen (secondary N) is 1. The second-order valence-corrected chi connectivity index (χ2v) is 5.92. The van der Waals surface area contributed by atoms with Crippen molar-refractivity contribution in [2.45, 2.75) is 45.8 Å². The van der Waals surface area contributed by atoms with E-state index in [1.165, 1.54) is 24.0 Å². The van der Waals surface area contributed by atoms with Crippen molar-refractivity contribution in [1.29, 1.82) is 0 Å². The Morgan fingerprint density at radius 1 is 1.42 bits per heavy atom. The summed E-state index contributed by atoms with van der Waals surface area (Å²) in [6.07, 6.45) is 8.18. The first-order valence-electron chi connectivity index (χ1n) is 7.03. The van der Waals surface area contributed by atoms with Gasteiger partial charge in [-0.05, 0) is 56.5 Å². The number of aryl methyl sites for hydroxylation is 1. The average Bonchev–Trinajstić information content (AvgIpc) is 2.41. The number of hydrogen-bond donors (Lipinski definition) is 1. The summed E-state index contributed by atoms with van der Waals surface area (Å²) in [5.41, 5.74) is 2.42. The summed E-state index contributed by atoms with van der Waals surface area (Å²) < 4.78 is 7.34. The van der Waals surface area contributed by atoms with E-state index in [0.717, 1.165) is 29.7 Å². The lowest BCUT2D eigenvalue weighted by atomic mass is 10.0. The number of benzene rings is 1. The summed E-state index contributed by atoms with van der Waals surface area (Å²) in [6.45, 7) is 6.05. The largest absolute Gasteiger partial charge is 0.486 e. The van der Waals surface area contributed by atoms with E-state index in [-0.39, 0.29) is 6.10 Å². The van der Waals surface area contributed by atoms with Crippen LogP contribution in [0.2, 0.25) is 0 Å². The normalized spacial score (nSPS) is 18.6. The third-order valence-corrected chi connectivity index (χ3v) is 3.82. The fourth-order valence-electron chi connectivity index (χ4n) is 2.39. The van der Waals surface area contributed by atoms with Gasteiger partial charge in [-0.25, -0.2) is 0 Å². The minimum atomic E-state index is 0.231. The lowest BCUT2D eigenvalue weighted by Crippen LogP contribution is -2.19. The van der Waals surface area contributed by atoms with Crippen LogP contribution in [0.4, 0.5) is 0 Å². The molecule has 0 bridgehead atoms. The molecule has 0 saturated carbocycles. The Kier molecular flexibility index (Phi) is 5.46. The van der Waals surface area contributed by atoms with Crippen molar-refractivity contribution in [1.82, 2.24) is 5.32 Å². The fourth-order valence-corrected chi connectivity index (χ4v) is 3.01. The van der Waals surface area contributed by atoms with Crippen LogP contribution in [0.15, 0.2) is 28.8 Å². The number of ether oxygens (including phenoxy) is 1. The Morgan fingerprint density at radius 2 is 2.26 bits per heavy atom. The van der Waals surface area contributed by atoms with Gasteiger partial charge >= 0.3 is 0 Å². The third-order valence-electron chi connectivity index (χ3n) is 3.36. The highest BCUT2D eigenvalue weighted by atomic mass is 79.9. The monoisotopic (exact) mass is 323 g/mol. The highest BCUT2D eigenvalue weighted by molar-refractivity contribution is 9.10. The summed E-state index contributed by atoms with van der Waals surface area (Å²) in [6, 6.07) is 4.27. The molecule has 0 saturated heterocycles. The van der Waals surface area contributed by atoms with Crippen LogP contribution >= 0.6 is 15.9 Å². The van der Waals surface area contributed by atoms with Gasteiger partial charge in [0.05, 0.1) is 0 Å². The average molecular weight is 324 g/mol. The van der Waals surface area contributed by atoms with E-state index in [2.05, 4.69) is 59.4 Å². The standard InChI is InChI=1S/C16H22BrNO/c1-3-18-11-13-10-14(17)9-12(2)16(13)19-15-7-5-4-6-8-15/h5,7,9-10,15,18H,3-4,6,8,11H2,1-2H3. The maximum Gasteiger partial charge on any atom is 0.127 e. The lowest BCUT2D eigenvalue weighted by Gasteiger charge is -2.22. The van der Waals surface area contributed by atoms with Crippen molar-refractivity contribution in [3.63, 3.8) is 0 Å². The topological polar surface area (TPSA) is 21.3 Å². The van der Waals surface area contributed by atoms with E-state index in [4.69, 9.17) is 4.74 Å². The molecule has 3 heteroatoms. The Labute approximate surface area is 124 Å². The van der Waals surface area contributed by atoms with E-state index in [9.17, 15) is 0 Å². The Hall–Kier alpha value is -0.800. The Morgan fingerprint density at radius 3 is 2.95 bits per heavy atom. The van der Waals surface area contributed by atoms with Crippen LogP contribution in [0.25, 0.3) is 0 Å². The fraction of sp³-hybridized carbons (Fsp3) is 0.500. The van der Waals surface area contributed by atoms with Gasteiger partial charge in [-0.1, -0.05) is 28.9 Å². The van der Waals surface area contributed by atoms with Crippen molar-refractivity contribution in [2.75, 3.05) is 6.54 Å². The molecule has 2 rings (SSSR count). The zero-order valence-corrected chi connectivity index (χ0v) is 13.3.